The number of hydrogen-bond acceptors (Lipinski definition) is 4. The number of carbonyl (C=O) groups excluding carboxylic acids is 1. The summed E-state index contributed by atoms with van der Waals surface area (Å²) in [4.78, 5) is 14.2. The molecule has 2 aliphatic heterocycles. The fraction of sp³-hybridized carbons (Fsp3) is 0.733. The van der Waals surface area contributed by atoms with Crippen molar-refractivity contribution >= 4 is 5.91 Å². The van der Waals surface area contributed by atoms with E-state index < -0.39 is 12.5 Å². The molecule has 0 radical (unpaired) electrons. The van der Waals surface area contributed by atoms with Crippen LogP contribution >= 0.6 is 0 Å². The Balaban J connectivity index is 1.67. The molecule has 3 heterocycles. The van der Waals surface area contributed by atoms with Crippen molar-refractivity contribution in [2.24, 2.45) is 0 Å². The molecule has 0 aliphatic carbocycles. The SMILES string of the molecule is C[C@@H]1Cc2c(C(=O)N3CCC(OC(F)(F)F)CC3)n[nH]c2[C@H](C)O1. The van der Waals surface area contributed by atoms with E-state index in [-0.39, 0.29) is 44.0 Å². The molecule has 0 spiro atoms. The number of hydrogen-bond donors (Lipinski definition) is 1. The molecule has 1 amide bonds. The van der Waals surface area contributed by atoms with E-state index in [0.29, 0.717) is 12.1 Å². The van der Waals surface area contributed by atoms with Crippen LogP contribution in [-0.4, -0.2) is 52.7 Å². The van der Waals surface area contributed by atoms with E-state index >= 15 is 0 Å². The topological polar surface area (TPSA) is 67.5 Å². The number of ether oxygens (including phenoxy) is 2. The summed E-state index contributed by atoms with van der Waals surface area (Å²) < 4.78 is 46.5. The minimum atomic E-state index is -4.63. The van der Waals surface area contributed by atoms with Crippen molar-refractivity contribution in [3.05, 3.63) is 17.0 Å². The van der Waals surface area contributed by atoms with Crippen LogP contribution in [0.5, 0.6) is 0 Å². The molecular weight excluding hydrogens is 327 g/mol. The monoisotopic (exact) mass is 347 g/mol. The average molecular weight is 347 g/mol. The summed E-state index contributed by atoms with van der Waals surface area (Å²) >= 11 is 0. The summed E-state index contributed by atoms with van der Waals surface area (Å²) in [6.07, 6.45) is -4.79. The van der Waals surface area contributed by atoms with Crippen LogP contribution in [0.25, 0.3) is 0 Å². The third-order valence-electron chi connectivity index (χ3n) is 4.47. The lowest BCUT2D eigenvalue weighted by atomic mass is 9.99. The largest absolute Gasteiger partial charge is 0.522 e. The van der Waals surface area contributed by atoms with Gasteiger partial charge in [-0.3, -0.25) is 14.6 Å². The van der Waals surface area contributed by atoms with E-state index in [1.165, 1.54) is 4.90 Å². The van der Waals surface area contributed by atoms with Gasteiger partial charge in [-0.1, -0.05) is 0 Å². The van der Waals surface area contributed by atoms with Crippen molar-refractivity contribution in [2.45, 2.75) is 57.8 Å². The molecule has 24 heavy (non-hydrogen) atoms. The van der Waals surface area contributed by atoms with E-state index in [2.05, 4.69) is 14.9 Å². The number of carbonyl (C=O) groups is 1. The molecule has 1 fully saturated rings. The van der Waals surface area contributed by atoms with Gasteiger partial charge in [0.25, 0.3) is 5.91 Å². The molecular formula is C15H20F3N3O3. The van der Waals surface area contributed by atoms with E-state index in [9.17, 15) is 18.0 Å². The Kier molecular flexibility index (Phi) is 4.56. The van der Waals surface area contributed by atoms with Crippen molar-refractivity contribution in [1.82, 2.24) is 15.1 Å². The molecule has 0 saturated carbocycles. The molecule has 1 N–H and O–H groups in total. The van der Waals surface area contributed by atoms with Crippen LogP contribution < -0.4 is 0 Å². The maximum absolute atomic E-state index is 12.7. The Morgan fingerprint density at radius 3 is 2.62 bits per heavy atom. The molecule has 1 saturated heterocycles. The molecule has 134 valence electrons. The Labute approximate surface area is 137 Å². The zero-order valence-corrected chi connectivity index (χ0v) is 13.5. The number of piperidine rings is 1. The molecule has 2 aliphatic rings. The Bertz CT molecular complexity index is 609. The number of aromatic nitrogens is 2. The van der Waals surface area contributed by atoms with E-state index in [4.69, 9.17) is 4.74 Å². The molecule has 1 aromatic rings. The quantitative estimate of drug-likeness (QED) is 0.893. The van der Waals surface area contributed by atoms with E-state index in [1.807, 2.05) is 13.8 Å². The van der Waals surface area contributed by atoms with Gasteiger partial charge in [-0.25, -0.2) is 0 Å². The van der Waals surface area contributed by atoms with Crippen molar-refractivity contribution in [3.63, 3.8) is 0 Å². The molecule has 0 unspecified atom stereocenters. The standard InChI is InChI=1S/C15H20F3N3O3/c1-8-7-11-12(9(2)23-8)19-20-13(11)14(22)21-5-3-10(4-6-21)24-15(16,17)18/h8-10H,3-7H2,1-2H3,(H,19,20)/t8-,9+/m1/s1. The van der Waals surface area contributed by atoms with Crippen LogP contribution in [0.1, 0.15) is 54.5 Å². The van der Waals surface area contributed by atoms with E-state index in [0.717, 1.165) is 11.3 Å². The predicted octanol–water partition coefficient (Wildman–Crippen LogP) is 2.57. The third kappa shape index (κ3) is 3.56. The smallest absolute Gasteiger partial charge is 0.369 e. The van der Waals surface area contributed by atoms with Crippen molar-refractivity contribution in [2.75, 3.05) is 13.1 Å². The van der Waals surface area contributed by atoms with Crippen LogP contribution in [0.4, 0.5) is 13.2 Å². The second-order valence-corrected chi connectivity index (χ2v) is 6.31. The summed E-state index contributed by atoms with van der Waals surface area (Å²) in [5.74, 6) is -0.251. The van der Waals surface area contributed by atoms with Crippen LogP contribution in [0.3, 0.4) is 0 Å². The van der Waals surface area contributed by atoms with Crippen LogP contribution in [-0.2, 0) is 15.9 Å². The molecule has 2 atom stereocenters. The average Bonchev–Trinajstić information content (AvgIpc) is 2.89. The van der Waals surface area contributed by atoms with Crippen LogP contribution in [0, 0.1) is 0 Å². The van der Waals surface area contributed by atoms with Gasteiger partial charge in [0.05, 0.1) is 24.0 Å². The fourth-order valence-electron chi connectivity index (χ4n) is 3.37. The van der Waals surface area contributed by atoms with Gasteiger partial charge in [-0.05, 0) is 26.7 Å². The highest BCUT2D eigenvalue weighted by atomic mass is 19.4. The van der Waals surface area contributed by atoms with Gasteiger partial charge in [0, 0.05) is 25.1 Å². The summed E-state index contributed by atoms with van der Waals surface area (Å²) in [6.45, 7) is 4.27. The number of aromatic amines is 1. The molecule has 1 aromatic heterocycles. The Morgan fingerprint density at radius 2 is 2.00 bits per heavy atom. The normalized spacial score (nSPS) is 25.6. The second-order valence-electron chi connectivity index (χ2n) is 6.31. The third-order valence-corrected chi connectivity index (χ3v) is 4.47. The molecule has 0 bridgehead atoms. The van der Waals surface area contributed by atoms with Gasteiger partial charge in [-0.2, -0.15) is 5.10 Å². The first kappa shape index (κ1) is 17.2. The van der Waals surface area contributed by atoms with Crippen molar-refractivity contribution in [1.29, 1.82) is 0 Å². The summed E-state index contributed by atoms with van der Waals surface area (Å²) in [5.41, 5.74) is 1.99. The maximum atomic E-state index is 12.7. The van der Waals surface area contributed by atoms with Crippen LogP contribution in [0.15, 0.2) is 0 Å². The number of likely N-dealkylation sites (tertiary alicyclic amines) is 1. The lowest BCUT2D eigenvalue weighted by molar-refractivity contribution is -0.345. The van der Waals surface area contributed by atoms with Gasteiger partial charge in [-0.15, -0.1) is 13.2 Å². The summed E-state index contributed by atoms with van der Waals surface area (Å²) in [7, 11) is 0. The maximum Gasteiger partial charge on any atom is 0.522 e. The number of rotatable bonds is 2. The number of halogens is 3. The van der Waals surface area contributed by atoms with Gasteiger partial charge in [0.2, 0.25) is 0 Å². The highest BCUT2D eigenvalue weighted by Gasteiger charge is 2.37. The number of fused-ring (bicyclic) bond motifs is 1. The first-order valence-corrected chi connectivity index (χ1v) is 8.01. The minimum absolute atomic E-state index is 0.0115. The molecule has 9 heteroatoms. The van der Waals surface area contributed by atoms with Gasteiger partial charge in [0.1, 0.15) is 0 Å². The Hall–Kier alpha value is -1.61. The first-order chi connectivity index (χ1) is 11.2. The van der Waals surface area contributed by atoms with Crippen LogP contribution in [0.2, 0.25) is 0 Å². The fourth-order valence-corrected chi connectivity index (χ4v) is 3.37. The number of H-pyrrole nitrogens is 1. The zero-order chi connectivity index (χ0) is 17.5. The highest BCUT2D eigenvalue weighted by molar-refractivity contribution is 5.94. The minimum Gasteiger partial charge on any atom is -0.369 e. The zero-order valence-electron chi connectivity index (χ0n) is 13.5. The lowest BCUT2D eigenvalue weighted by Crippen LogP contribution is -2.42. The highest BCUT2D eigenvalue weighted by Crippen LogP contribution is 2.31. The number of nitrogens with one attached hydrogen (secondary N) is 1. The van der Waals surface area contributed by atoms with Gasteiger partial charge < -0.3 is 9.64 Å². The molecule has 6 nitrogen and oxygen atoms in total. The van der Waals surface area contributed by atoms with Gasteiger partial charge in [0.15, 0.2) is 5.69 Å². The van der Waals surface area contributed by atoms with Gasteiger partial charge >= 0.3 is 6.36 Å². The second kappa shape index (κ2) is 6.36. The number of alkyl halides is 3. The van der Waals surface area contributed by atoms with Crippen molar-refractivity contribution in [3.8, 4) is 0 Å². The summed E-state index contributed by atoms with van der Waals surface area (Å²) in [6, 6.07) is 0. The van der Waals surface area contributed by atoms with E-state index in [1.54, 1.807) is 0 Å². The summed E-state index contributed by atoms with van der Waals surface area (Å²) in [5, 5.41) is 6.99. The molecule has 3 rings (SSSR count). The predicted molar refractivity (Wildman–Crippen MR) is 77.3 cm³/mol. The Morgan fingerprint density at radius 1 is 1.33 bits per heavy atom. The molecule has 0 aromatic carbocycles. The first-order valence-electron chi connectivity index (χ1n) is 8.01. The van der Waals surface area contributed by atoms with Crippen molar-refractivity contribution < 1.29 is 27.4 Å². The lowest BCUT2D eigenvalue weighted by Gasteiger charge is -2.32. The number of amides is 1. The number of nitrogens with zero attached hydrogens (tertiary/aromatic N) is 2.